The van der Waals surface area contributed by atoms with Gasteiger partial charge in [0.25, 0.3) is 0 Å². The first-order valence-corrected chi connectivity index (χ1v) is 9.30. The fraction of sp³-hybridized carbons (Fsp3) is 0.476. The van der Waals surface area contributed by atoms with Crippen molar-refractivity contribution in [3.8, 4) is 0 Å². The molecule has 2 heterocycles. The van der Waals surface area contributed by atoms with E-state index in [1.807, 2.05) is 0 Å². The molecule has 0 saturated carbocycles. The van der Waals surface area contributed by atoms with E-state index < -0.39 is 0 Å². The van der Waals surface area contributed by atoms with E-state index in [0.29, 0.717) is 6.04 Å². The molecule has 1 aromatic heterocycles. The second-order valence-electron chi connectivity index (χ2n) is 6.59. The van der Waals surface area contributed by atoms with Crippen LogP contribution in [0.5, 0.6) is 0 Å². The maximum Gasteiger partial charge on any atom is 0.128 e. The predicted octanol–water partition coefficient (Wildman–Crippen LogP) is 4.66. The SMILES string of the molecule is CCN(CC)c1ccc(C2CCCCN2Cc2ccccc2)cn1. The first-order valence-electron chi connectivity index (χ1n) is 9.30. The molecule has 0 spiro atoms. The molecule has 3 nitrogen and oxygen atoms in total. The van der Waals surface area contributed by atoms with Gasteiger partial charge < -0.3 is 4.90 Å². The molecule has 1 atom stereocenters. The van der Waals surface area contributed by atoms with Crippen LogP contribution in [0.15, 0.2) is 48.7 Å². The topological polar surface area (TPSA) is 19.4 Å². The minimum absolute atomic E-state index is 0.497. The lowest BCUT2D eigenvalue weighted by molar-refractivity contribution is 0.140. The minimum Gasteiger partial charge on any atom is -0.357 e. The summed E-state index contributed by atoms with van der Waals surface area (Å²) in [7, 11) is 0. The van der Waals surface area contributed by atoms with Crippen molar-refractivity contribution in [1.82, 2.24) is 9.88 Å². The molecular formula is C21H29N3. The van der Waals surface area contributed by atoms with Crippen LogP contribution in [-0.4, -0.2) is 29.5 Å². The average Bonchev–Trinajstić information content (AvgIpc) is 2.65. The molecule has 3 heteroatoms. The van der Waals surface area contributed by atoms with Crippen molar-refractivity contribution in [2.75, 3.05) is 24.5 Å². The summed E-state index contributed by atoms with van der Waals surface area (Å²) in [6, 6.07) is 15.8. The largest absolute Gasteiger partial charge is 0.357 e. The Bertz CT molecular complexity index is 605. The van der Waals surface area contributed by atoms with E-state index in [9.17, 15) is 0 Å². The van der Waals surface area contributed by atoms with Crippen molar-refractivity contribution in [2.24, 2.45) is 0 Å². The molecule has 1 unspecified atom stereocenters. The number of likely N-dealkylation sites (tertiary alicyclic amines) is 1. The predicted molar refractivity (Wildman–Crippen MR) is 101 cm³/mol. The third kappa shape index (κ3) is 3.96. The van der Waals surface area contributed by atoms with Crippen LogP contribution in [0.25, 0.3) is 0 Å². The molecule has 0 amide bonds. The van der Waals surface area contributed by atoms with Crippen LogP contribution >= 0.6 is 0 Å². The Kier molecular flexibility index (Phi) is 5.86. The Morgan fingerprint density at radius 2 is 1.83 bits per heavy atom. The molecule has 0 N–H and O–H groups in total. The second kappa shape index (κ2) is 8.29. The van der Waals surface area contributed by atoms with E-state index in [-0.39, 0.29) is 0 Å². The Morgan fingerprint density at radius 3 is 2.50 bits per heavy atom. The Balaban J connectivity index is 1.75. The van der Waals surface area contributed by atoms with Gasteiger partial charge in [-0.2, -0.15) is 0 Å². The van der Waals surface area contributed by atoms with Gasteiger partial charge in [0.05, 0.1) is 0 Å². The lowest BCUT2D eigenvalue weighted by Crippen LogP contribution is -2.33. The first kappa shape index (κ1) is 17.0. The van der Waals surface area contributed by atoms with Gasteiger partial charge in [-0.15, -0.1) is 0 Å². The quantitative estimate of drug-likeness (QED) is 0.771. The molecule has 0 aliphatic carbocycles. The Morgan fingerprint density at radius 1 is 1.04 bits per heavy atom. The summed E-state index contributed by atoms with van der Waals surface area (Å²) in [6.07, 6.45) is 5.95. The number of aromatic nitrogens is 1. The zero-order valence-electron chi connectivity index (χ0n) is 15.0. The summed E-state index contributed by atoms with van der Waals surface area (Å²) in [5.41, 5.74) is 2.76. The van der Waals surface area contributed by atoms with E-state index in [1.54, 1.807) is 0 Å². The van der Waals surface area contributed by atoms with Gasteiger partial charge in [-0.3, -0.25) is 4.90 Å². The van der Waals surface area contributed by atoms with Gasteiger partial charge in [-0.1, -0.05) is 42.8 Å². The molecule has 128 valence electrons. The van der Waals surface area contributed by atoms with E-state index in [4.69, 9.17) is 4.98 Å². The van der Waals surface area contributed by atoms with Crippen molar-refractivity contribution in [3.63, 3.8) is 0 Å². The molecule has 3 rings (SSSR count). The zero-order chi connectivity index (χ0) is 16.8. The maximum absolute atomic E-state index is 4.74. The molecule has 24 heavy (non-hydrogen) atoms. The average molecular weight is 323 g/mol. The van der Waals surface area contributed by atoms with Gasteiger partial charge in [0.1, 0.15) is 5.82 Å². The van der Waals surface area contributed by atoms with Crippen LogP contribution in [0.4, 0.5) is 5.82 Å². The lowest BCUT2D eigenvalue weighted by atomic mass is 9.95. The van der Waals surface area contributed by atoms with Gasteiger partial charge >= 0.3 is 0 Å². The number of hydrogen-bond donors (Lipinski definition) is 0. The van der Waals surface area contributed by atoms with Crippen LogP contribution < -0.4 is 4.90 Å². The van der Waals surface area contributed by atoms with Gasteiger partial charge in [0, 0.05) is 31.9 Å². The molecule has 0 radical (unpaired) electrons. The normalized spacial score (nSPS) is 18.5. The third-order valence-corrected chi connectivity index (χ3v) is 5.09. The van der Waals surface area contributed by atoms with Gasteiger partial charge in [-0.05, 0) is 50.4 Å². The van der Waals surface area contributed by atoms with Crippen molar-refractivity contribution < 1.29 is 0 Å². The summed E-state index contributed by atoms with van der Waals surface area (Å²) in [6.45, 7) is 8.59. The highest BCUT2D eigenvalue weighted by atomic mass is 15.2. The molecular weight excluding hydrogens is 294 g/mol. The van der Waals surface area contributed by atoms with E-state index in [0.717, 1.165) is 25.5 Å². The fourth-order valence-electron chi connectivity index (χ4n) is 3.70. The molecule has 2 aromatic rings. The number of anilines is 1. The molecule has 0 bridgehead atoms. The van der Waals surface area contributed by atoms with Crippen LogP contribution in [0, 0.1) is 0 Å². The van der Waals surface area contributed by atoms with Crippen molar-refractivity contribution in [3.05, 3.63) is 59.8 Å². The van der Waals surface area contributed by atoms with Gasteiger partial charge in [-0.25, -0.2) is 4.98 Å². The number of piperidine rings is 1. The van der Waals surface area contributed by atoms with Crippen LogP contribution in [0.2, 0.25) is 0 Å². The number of pyridine rings is 1. The summed E-state index contributed by atoms with van der Waals surface area (Å²) >= 11 is 0. The van der Waals surface area contributed by atoms with Gasteiger partial charge in [0.2, 0.25) is 0 Å². The second-order valence-corrected chi connectivity index (χ2v) is 6.59. The standard InChI is InChI=1S/C21H29N3/c1-3-23(4-2)21-14-13-19(16-22-21)20-12-8-9-15-24(20)17-18-10-6-5-7-11-18/h5-7,10-11,13-14,16,20H,3-4,8-9,12,15,17H2,1-2H3. The highest BCUT2D eigenvalue weighted by Crippen LogP contribution is 2.32. The molecule has 1 aromatic carbocycles. The van der Waals surface area contributed by atoms with Crippen LogP contribution in [0.1, 0.15) is 50.3 Å². The molecule has 1 fully saturated rings. The number of benzene rings is 1. The first-order chi connectivity index (χ1) is 11.8. The third-order valence-electron chi connectivity index (χ3n) is 5.09. The zero-order valence-corrected chi connectivity index (χ0v) is 15.0. The summed E-state index contributed by atoms with van der Waals surface area (Å²) in [4.78, 5) is 9.65. The summed E-state index contributed by atoms with van der Waals surface area (Å²) < 4.78 is 0. The monoisotopic (exact) mass is 323 g/mol. The number of hydrogen-bond acceptors (Lipinski definition) is 3. The molecule has 1 aliphatic rings. The van der Waals surface area contributed by atoms with Crippen molar-refractivity contribution in [1.29, 1.82) is 0 Å². The number of rotatable bonds is 6. The highest BCUT2D eigenvalue weighted by molar-refractivity contribution is 5.39. The highest BCUT2D eigenvalue weighted by Gasteiger charge is 2.24. The minimum atomic E-state index is 0.497. The summed E-state index contributed by atoms with van der Waals surface area (Å²) in [5.74, 6) is 1.09. The van der Waals surface area contributed by atoms with E-state index >= 15 is 0 Å². The van der Waals surface area contributed by atoms with Crippen molar-refractivity contribution >= 4 is 5.82 Å². The van der Waals surface area contributed by atoms with E-state index in [2.05, 4.69) is 72.3 Å². The molecule has 1 aliphatic heterocycles. The summed E-state index contributed by atoms with van der Waals surface area (Å²) in [5, 5.41) is 0. The molecule has 1 saturated heterocycles. The number of nitrogens with zero attached hydrogens (tertiary/aromatic N) is 3. The maximum atomic E-state index is 4.74. The smallest absolute Gasteiger partial charge is 0.128 e. The van der Waals surface area contributed by atoms with Crippen molar-refractivity contribution in [2.45, 2.75) is 45.7 Å². The Labute approximate surface area is 146 Å². The van der Waals surface area contributed by atoms with E-state index in [1.165, 1.54) is 36.9 Å². The Hall–Kier alpha value is -1.87. The van der Waals surface area contributed by atoms with Crippen LogP contribution in [-0.2, 0) is 6.54 Å². The van der Waals surface area contributed by atoms with Gasteiger partial charge in [0.15, 0.2) is 0 Å². The lowest BCUT2D eigenvalue weighted by Gasteiger charge is -2.36. The van der Waals surface area contributed by atoms with Crippen LogP contribution in [0.3, 0.4) is 0 Å². The fourth-order valence-corrected chi connectivity index (χ4v) is 3.70.